The lowest BCUT2D eigenvalue weighted by Crippen LogP contribution is -2.12. The molecule has 0 radical (unpaired) electrons. The minimum atomic E-state index is 0.521. The van der Waals surface area contributed by atoms with Crippen molar-refractivity contribution in [3.05, 3.63) is 5.89 Å². The fourth-order valence-electron chi connectivity index (χ4n) is 1.36. The minimum absolute atomic E-state index is 0.521. The van der Waals surface area contributed by atoms with E-state index in [1.807, 2.05) is 7.05 Å². The average molecular weight is 212 g/mol. The van der Waals surface area contributed by atoms with Crippen LogP contribution in [0.4, 0.5) is 6.01 Å². The summed E-state index contributed by atoms with van der Waals surface area (Å²) in [6.45, 7) is 5.89. The van der Waals surface area contributed by atoms with E-state index in [1.54, 1.807) is 0 Å². The molecule has 2 N–H and O–H groups in total. The van der Waals surface area contributed by atoms with Gasteiger partial charge in [0.2, 0.25) is 5.89 Å². The van der Waals surface area contributed by atoms with Gasteiger partial charge in [-0.25, -0.2) is 0 Å². The van der Waals surface area contributed by atoms with Crippen molar-refractivity contribution in [3.63, 3.8) is 0 Å². The van der Waals surface area contributed by atoms with Crippen LogP contribution in [0.25, 0.3) is 0 Å². The van der Waals surface area contributed by atoms with Crippen LogP contribution in [0, 0.1) is 5.92 Å². The van der Waals surface area contributed by atoms with Crippen molar-refractivity contribution in [2.45, 2.75) is 33.2 Å². The van der Waals surface area contributed by atoms with E-state index in [1.165, 1.54) is 12.8 Å². The molecule has 86 valence electrons. The van der Waals surface area contributed by atoms with Crippen molar-refractivity contribution < 1.29 is 4.42 Å². The molecule has 0 unspecified atom stereocenters. The largest absolute Gasteiger partial charge is 0.407 e. The van der Waals surface area contributed by atoms with E-state index in [2.05, 4.69) is 34.7 Å². The SMILES string of the molecule is CCC(CC)CNc1nnc(CNC)o1. The molecule has 0 fully saturated rings. The number of anilines is 1. The van der Waals surface area contributed by atoms with Gasteiger partial charge >= 0.3 is 6.01 Å². The maximum atomic E-state index is 5.37. The molecule has 0 aromatic carbocycles. The number of rotatable bonds is 7. The van der Waals surface area contributed by atoms with Crippen molar-refractivity contribution in [2.75, 3.05) is 18.9 Å². The summed E-state index contributed by atoms with van der Waals surface area (Å²) < 4.78 is 5.37. The van der Waals surface area contributed by atoms with Crippen molar-refractivity contribution in [2.24, 2.45) is 5.92 Å². The molecule has 1 aromatic heterocycles. The fourth-order valence-corrected chi connectivity index (χ4v) is 1.36. The predicted molar refractivity (Wildman–Crippen MR) is 59.6 cm³/mol. The summed E-state index contributed by atoms with van der Waals surface area (Å²) in [6.07, 6.45) is 2.34. The fraction of sp³-hybridized carbons (Fsp3) is 0.800. The Kier molecular flexibility index (Phi) is 5.10. The first-order chi connectivity index (χ1) is 7.30. The highest BCUT2D eigenvalue weighted by Crippen LogP contribution is 2.10. The van der Waals surface area contributed by atoms with Crippen LogP contribution in [0.15, 0.2) is 4.42 Å². The second kappa shape index (κ2) is 6.40. The molecule has 1 aromatic rings. The normalized spacial score (nSPS) is 10.9. The zero-order chi connectivity index (χ0) is 11.1. The number of nitrogens with zero attached hydrogens (tertiary/aromatic N) is 2. The summed E-state index contributed by atoms with van der Waals surface area (Å²) >= 11 is 0. The second-order valence-corrected chi connectivity index (χ2v) is 3.59. The van der Waals surface area contributed by atoms with Gasteiger partial charge < -0.3 is 15.1 Å². The molecular formula is C10H20N4O. The van der Waals surface area contributed by atoms with Crippen LogP contribution in [-0.4, -0.2) is 23.8 Å². The number of aromatic nitrogens is 2. The molecule has 0 atom stereocenters. The third kappa shape index (κ3) is 3.87. The van der Waals surface area contributed by atoms with Crippen molar-refractivity contribution in [1.29, 1.82) is 0 Å². The van der Waals surface area contributed by atoms with Gasteiger partial charge in [-0.2, -0.15) is 0 Å². The smallest absolute Gasteiger partial charge is 0.315 e. The highest BCUT2D eigenvalue weighted by atomic mass is 16.4. The quantitative estimate of drug-likeness (QED) is 0.719. The summed E-state index contributed by atoms with van der Waals surface area (Å²) in [6, 6.07) is 0.521. The lowest BCUT2D eigenvalue weighted by molar-refractivity contribution is 0.473. The molecule has 0 aliphatic carbocycles. The standard InChI is InChI=1S/C10H20N4O/c1-4-8(5-2)6-12-10-14-13-9(15-10)7-11-3/h8,11H,4-7H2,1-3H3,(H,12,14). The van der Waals surface area contributed by atoms with Crippen molar-refractivity contribution >= 4 is 6.01 Å². The predicted octanol–water partition coefficient (Wildman–Crippen LogP) is 1.64. The zero-order valence-electron chi connectivity index (χ0n) is 9.71. The maximum Gasteiger partial charge on any atom is 0.315 e. The first-order valence-corrected chi connectivity index (χ1v) is 5.51. The molecule has 5 heteroatoms. The Hall–Kier alpha value is -1.10. The van der Waals surface area contributed by atoms with Crippen LogP contribution in [-0.2, 0) is 6.54 Å². The molecule has 0 bridgehead atoms. The number of hydrogen-bond donors (Lipinski definition) is 2. The third-order valence-corrected chi connectivity index (χ3v) is 2.49. The lowest BCUT2D eigenvalue weighted by atomic mass is 10.0. The summed E-state index contributed by atoms with van der Waals surface area (Å²) in [4.78, 5) is 0. The van der Waals surface area contributed by atoms with Crippen LogP contribution >= 0.6 is 0 Å². The van der Waals surface area contributed by atoms with Gasteiger partial charge in [0.05, 0.1) is 6.54 Å². The van der Waals surface area contributed by atoms with Crippen molar-refractivity contribution in [3.8, 4) is 0 Å². The van der Waals surface area contributed by atoms with Gasteiger partial charge in [0.25, 0.3) is 0 Å². The number of nitrogens with one attached hydrogen (secondary N) is 2. The van der Waals surface area contributed by atoms with E-state index in [-0.39, 0.29) is 0 Å². The van der Waals surface area contributed by atoms with Crippen LogP contribution in [0.3, 0.4) is 0 Å². The summed E-state index contributed by atoms with van der Waals surface area (Å²) in [5, 5.41) is 13.9. The van der Waals surface area contributed by atoms with E-state index in [0.717, 1.165) is 6.54 Å². The molecule has 0 saturated heterocycles. The Morgan fingerprint density at radius 1 is 1.27 bits per heavy atom. The van der Waals surface area contributed by atoms with Gasteiger partial charge in [-0.1, -0.05) is 31.8 Å². The second-order valence-electron chi connectivity index (χ2n) is 3.59. The summed E-state index contributed by atoms with van der Waals surface area (Å²) in [5.74, 6) is 1.29. The van der Waals surface area contributed by atoms with E-state index >= 15 is 0 Å². The number of hydrogen-bond acceptors (Lipinski definition) is 5. The van der Waals surface area contributed by atoms with E-state index in [4.69, 9.17) is 4.42 Å². The van der Waals surface area contributed by atoms with Gasteiger partial charge in [0.1, 0.15) is 0 Å². The molecule has 1 heterocycles. The summed E-state index contributed by atoms with van der Waals surface area (Å²) in [7, 11) is 1.85. The van der Waals surface area contributed by atoms with Crippen LogP contribution < -0.4 is 10.6 Å². The molecule has 0 aliphatic rings. The van der Waals surface area contributed by atoms with Gasteiger partial charge in [-0.05, 0) is 13.0 Å². The molecule has 5 nitrogen and oxygen atoms in total. The van der Waals surface area contributed by atoms with E-state index < -0.39 is 0 Å². The monoisotopic (exact) mass is 212 g/mol. The maximum absolute atomic E-state index is 5.37. The highest BCUT2D eigenvalue weighted by molar-refractivity contribution is 5.16. The van der Waals surface area contributed by atoms with Crippen LogP contribution in [0.5, 0.6) is 0 Å². The Morgan fingerprint density at radius 2 is 2.00 bits per heavy atom. The van der Waals surface area contributed by atoms with Gasteiger partial charge in [-0.15, -0.1) is 5.10 Å². The third-order valence-electron chi connectivity index (χ3n) is 2.49. The molecule has 15 heavy (non-hydrogen) atoms. The first kappa shape index (κ1) is 12.0. The molecular weight excluding hydrogens is 192 g/mol. The Balaban J connectivity index is 2.36. The van der Waals surface area contributed by atoms with Crippen LogP contribution in [0.2, 0.25) is 0 Å². The topological polar surface area (TPSA) is 63.0 Å². The minimum Gasteiger partial charge on any atom is -0.407 e. The van der Waals surface area contributed by atoms with Gasteiger partial charge in [0, 0.05) is 6.54 Å². The van der Waals surface area contributed by atoms with Gasteiger partial charge in [-0.3, -0.25) is 0 Å². The molecule has 0 aliphatic heterocycles. The van der Waals surface area contributed by atoms with Crippen LogP contribution in [0.1, 0.15) is 32.6 Å². The van der Waals surface area contributed by atoms with E-state index in [9.17, 15) is 0 Å². The molecule has 0 saturated carbocycles. The lowest BCUT2D eigenvalue weighted by Gasteiger charge is -2.11. The van der Waals surface area contributed by atoms with E-state index in [0.29, 0.717) is 24.4 Å². The summed E-state index contributed by atoms with van der Waals surface area (Å²) in [5.41, 5.74) is 0. The Labute approximate surface area is 90.7 Å². The molecule has 0 amide bonds. The average Bonchev–Trinajstić information content (AvgIpc) is 2.68. The highest BCUT2D eigenvalue weighted by Gasteiger charge is 2.07. The molecule has 1 rings (SSSR count). The van der Waals surface area contributed by atoms with Crippen molar-refractivity contribution in [1.82, 2.24) is 15.5 Å². The van der Waals surface area contributed by atoms with Gasteiger partial charge in [0.15, 0.2) is 0 Å². The Bertz CT molecular complexity index is 270. The first-order valence-electron chi connectivity index (χ1n) is 5.51. The zero-order valence-corrected chi connectivity index (χ0v) is 9.71. The molecule has 0 spiro atoms. The Morgan fingerprint density at radius 3 is 2.60 bits per heavy atom.